The predicted octanol–water partition coefficient (Wildman–Crippen LogP) is 2.81. The van der Waals surface area contributed by atoms with Crippen LogP contribution < -0.4 is 0 Å². The summed E-state index contributed by atoms with van der Waals surface area (Å²) < 4.78 is 0. The minimum Gasteiger partial charge on any atom is -0.0894 e. The average molecular weight is 142 g/mol. The van der Waals surface area contributed by atoms with E-state index in [4.69, 9.17) is 12.2 Å². The SMILES string of the molecule is CC1CC(C)(C)CC1=S. The lowest BCUT2D eigenvalue weighted by atomic mass is 9.91. The fraction of sp³-hybridized carbons (Fsp3) is 0.875. The van der Waals surface area contributed by atoms with E-state index in [-0.39, 0.29) is 0 Å². The molecule has 9 heavy (non-hydrogen) atoms. The Hall–Kier alpha value is 0.0900. The normalized spacial score (nSPS) is 33.2. The molecule has 0 amide bonds. The van der Waals surface area contributed by atoms with Gasteiger partial charge in [0.15, 0.2) is 0 Å². The van der Waals surface area contributed by atoms with Crippen LogP contribution in [0.2, 0.25) is 0 Å². The van der Waals surface area contributed by atoms with E-state index in [9.17, 15) is 0 Å². The van der Waals surface area contributed by atoms with Crippen molar-refractivity contribution in [1.82, 2.24) is 0 Å². The molecular formula is C8H14S. The maximum atomic E-state index is 5.19. The van der Waals surface area contributed by atoms with Gasteiger partial charge in [-0.3, -0.25) is 0 Å². The van der Waals surface area contributed by atoms with Gasteiger partial charge >= 0.3 is 0 Å². The summed E-state index contributed by atoms with van der Waals surface area (Å²) in [5.74, 6) is 0.690. The Bertz CT molecular complexity index is 136. The van der Waals surface area contributed by atoms with Crippen LogP contribution in [0.3, 0.4) is 0 Å². The van der Waals surface area contributed by atoms with Crippen LogP contribution in [0.1, 0.15) is 33.6 Å². The zero-order valence-electron chi connectivity index (χ0n) is 6.40. The molecule has 1 aliphatic rings. The Kier molecular flexibility index (Phi) is 1.64. The highest BCUT2D eigenvalue weighted by Crippen LogP contribution is 2.38. The quantitative estimate of drug-likeness (QED) is 0.469. The first kappa shape index (κ1) is 7.20. The van der Waals surface area contributed by atoms with Crippen molar-refractivity contribution >= 4 is 17.1 Å². The van der Waals surface area contributed by atoms with Crippen LogP contribution in [-0.4, -0.2) is 4.86 Å². The monoisotopic (exact) mass is 142 g/mol. The molecule has 1 aliphatic carbocycles. The Morgan fingerprint density at radius 1 is 1.56 bits per heavy atom. The molecule has 1 saturated carbocycles. The number of hydrogen-bond donors (Lipinski definition) is 0. The second-order valence-corrected chi connectivity index (χ2v) is 4.44. The van der Waals surface area contributed by atoms with Crippen molar-refractivity contribution in [2.45, 2.75) is 33.6 Å². The standard InChI is InChI=1S/C8H14S/c1-6-4-8(2,3)5-7(6)9/h6H,4-5H2,1-3H3. The molecule has 0 nitrogen and oxygen atoms in total. The van der Waals surface area contributed by atoms with Crippen LogP contribution in [-0.2, 0) is 0 Å². The van der Waals surface area contributed by atoms with Gasteiger partial charge in [0.2, 0.25) is 0 Å². The van der Waals surface area contributed by atoms with E-state index in [0.717, 1.165) is 6.42 Å². The molecule has 0 aliphatic heterocycles. The van der Waals surface area contributed by atoms with Gasteiger partial charge < -0.3 is 0 Å². The summed E-state index contributed by atoms with van der Waals surface area (Å²) in [6.45, 7) is 6.82. The largest absolute Gasteiger partial charge is 0.0894 e. The lowest BCUT2D eigenvalue weighted by Gasteiger charge is -2.14. The third kappa shape index (κ3) is 1.51. The van der Waals surface area contributed by atoms with Crippen LogP contribution >= 0.6 is 12.2 Å². The molecule has 0 spiro atoms. The fourth-order valence-electron chi connectivity index (χ4n) is 1.66. The fourth-order valence-corrected chi connectivity index (χ4v) is 2.13. The molecule has 0 aromatic carbocycles. The summed E-state index contributed by atoms with van der Waals surface area (Å²) in [5, 5.41) is 0. The average Bonchev–Trinajstić information content (AvgIpc) is 1.79. The van der Waals surface area contributed by atoms with Gasteiger partial charge in [-0.25, -0.2) is 0 Å². The molecule has 0 bridgehead atoms. The number of rotatable bonds is 0. The molecule has 0 radical (unpaired) electrons. The van der Waals surface area contributed by atoms with E-state index >= 15 is 0 Å². The number of thiocarbonyl (C=S) groups is 1. The van der Waals surface area contributed by atoms with Crippen molar-refractivity contribution in [2.24, 2.45) is 11.3 Å². The second-order valence-electron chi connectivity index (χ2n) is 3.91. The second kappa shape index (κ2) is 2.05. The van der Waals surface area contributed by atoms with E-state index in [1.807, 2.05) is 0 Å². The topological polar surface area (TPSA) is 0 Å². The molecule has 0 heterocycles. The third-order valence-electron chi connectivity index (χ3n) is 2.06. The molecule has 0 aromatic rings. The molecule has 1 atom stereocenters. The summed E-state index contributed by atoms with van der Waals surface area (Å²) in [6, 6.07) is 0. The lowest BCUT2D eigenvalue weighted by Crippen LogP contribution is -2.03. The van der Waals surface area contributed by atoms with Crippen molar-refractivity contribution in [2.75, 3.05) is 0 Å². The third-order valence-corrected chi connectivity index (χ3v) is 2.61. The highest BCUT2D eigenvalue weighted by molar-refractivity contribution is 7.80. The molecule has 0 N–H and O–H groups in total. The van der Waals surface area contributed by atoms with Crippen LogP contribution in [0.25, 0.3) is 0 Å². The van der Waals surface area contributed by atoms with Crippen LogP contribution in [0.15, 0.2) is 0 Å². The first-order valence-corrected chi connectivity index (χ1v) is 3.95. The maximum Gasteiger partial charge on any atom is -0.00378 e. The Morgan fingerprint density at radius 3 is 2.22 bits per heavy atom. The van der Waals surface area contributed by atoms with E-state index in [1.165, 1.54) is 11.3 Å². The predicted molar refractivity (Wildman–Crippen MR) is 44.8 cm³/mol. The van der Waals surface area contributed by atoms with Gasteiger partial charge in [0.05, 0.1) is 0 Å². The van der Waals surface area contributed by atoms with E-state index < -0.39 is 0 Å². The van der Waals surface area contributed by atoms with Crippen molar-refractivity contribution in [3.8, 4) is 0 Å². The lowest BCUT2D eigenvalue weighted by molar-refractivity contribution is 0.368. The van der Waals surface area contributed by atoms with Crippen molar-refractivity contribution in [3.05, 3.63) is 0 Å². The van der Waals surface area contributed by atoms with Gasteiger partial charge in [-0.2, -0.15) is 0 Å². The van der Waals surface area contributed by atoms with Gasteiger partial charge in [-0.15, -0.1) is 0 Å². The summed E-state index contributed by atoms with van der Waals surface area (Å²) in [7, 11) is 0. The van der Waals surface area contributed by atoms with E-state index in [1.54, 1.807) is 0 Å². The van der Waals surface area contributed by atoms with Crippen molar-refractivity contribution in [1.29, 1.82) is 0 Å². The van der Waals surface area contributed by atoms with Crippen LogP contribution in [0.4, 0.5) is 0 Å². The molecule has 1 rings (SSSR count). The smallest absolute Gasteiger partial charge is 0.00378 e. The Labute approximate surface area is 62.6 Å². The molecule has 0 aromatic heterocycles. The Morgan fingerprint density at radius 2 is 2.11 bits per heavy atom. The molecule has 1 fully saturated rings. The summed E-state index contributed by atoms with van der Waals surface area (Å²) in [5.41, 5.74) is 0.497. The first-order valence-electron chi connectivity index (χ1n) is 3.54. The highest BCUT2D eigenvalue weighted by atomic mass is 32.1. The van der Waals surface area contributed by atoms with Gasteiger partial charge in [0.25, 0.3) is 0 Å². The molecular weight excluding hydrogens is 128 g/mol. The van der Waals surface area contributed by atoms with Gasteiger partial charge in [-0.05, 0) is 29.0 Å². The van der Waals surface area contributed by atoms with Crippen molar-refractivity contribution in [3.63, 3.8) is 0 Å². The van der Waals surface area contributed by atoms with Crippen molar-refractivity contribution < 1.29 is 0 Å². The first-order chi connectivity index (χ1) is 4.01. The summed E-state index contributed by atoms with van der Waals surface area (Å²) in [4.78, 5) is 1.28. The van der Waals surface area contributed by atoms with E-state index in [0.29, 0.717) is 11.3 Å². The van der Waals surface area contributed by atoms with Crippen LogP contribution in [0.5, 0.6) is 0 Å². The Balaban J connectivity index is 2.65. The summed E-state index contributed by atoms with van der Waals surface area (Å²) in [6.07, 6.45) is 2.44. The summed E-state index contributed by atoms with van der Waals surface area (Å²) >= 11 is 5.19. The van der Waals surface area contributed by atoms with Crippen LogP contribution in [0, 0.1) is 11.3 Å². The minimum absolute atomic E-state index is 0.497. The minimum atomic E-state index is 0.497. The maximum absolute atomic E-state index is 5.19. The highest BCUT2D eigenvalue weighted by Gasteiger charge is 2.31. The van der Waals surface area contributed by atoms with Gasteiger partial charge in [0.1, 0.15) is 0 Å². The zero-order chi connectivity index (χ0) is 7.07. The van der Waals surface area contributed by atoms with Gasteiger partial charge in [-0.1, -0.05) is 33.0 Å². The van der Waals surface area contributed by atoms with Gasteiger partial charge in [0, 0.05) is 0 Å². The molecule has 1 heteroatoms. The zero-order valence-corrected chi connectivity index (χ0v) is 7.22. The van der Waals surface area contributed by atoms with E-state index in [2.05, 4.69) is 20.8 Å². The molecule has 1 unspecified atom stereocenters. The number of hydrogen-bond acceptors (Lipinski definition) is 1. The molecule has 0 saturated heterocycles. The molecule has 52 valence electrons.